The van der Waals surface area contributed by atoms with Gasteiger partial charge in [-0.2, -0.15) is 0 Å². The maximum absolute atomic E-state index is 12.3. The minimum Gasteiger partial charge on any atom is -0.480 e. The second kappa shape index (κ2) is 5.99. The number of sulfone groups is 1. The molecule has 0 aliphatic carbocycles. The second-order valence-corrected chi connectivity index (χ2v) is 7.78. The SMILES string of the molecule is CN(CCS(C)(=O)=O)C(=O)N1CCCCC1(C)C(=O)O. The molecule has 0 aromatic carbocycles. The van der Waals surface area contributed by atoms with E-state index in [-0.39, 0.29) is 12.3 Å². The third-order valence-corrected chi connectivity index (χ3v) is 4.63. The number of hydrogen-bond acceptors (Lipinski definition) is 4. The van der Waals surface area contributed by atoms with Gasteiger partial charge in [-0.15, -0.1) is 0 Å². The van der Waals surface area contributed by atoms with E-state index in [1.165, 1.54) is 23.8 Å². The van der Waals surface area contributed by atoms with Crippen LogP contribution in [0.2, 0.25) is 0 Å². The van der Waals surface area contributed by atoms with Crippen molar-refractivity contribution in [2.24, 2.45) is 0 Å². The molecule has 7 nitrogen and oxygen atoms in total. The van der Waals surface area contributed by atoms with Crippen molar-refractivity contribution in [3.63, 3.8) is 0 Å². The highest BCUT2D eigenvalue weighted by molar-refractivity contribution is 7.90. The Hall–Kier alpha value is -1.31. The molecule has 1 atom stereocenters. The molecule has 0 saturated carbocycles. The summed E-state index contributed by atoms with van der Waals surface area (Å²) in [6, 6.07) is -0.432. The highest BCUT2D eigenvalue weighted by Crippen LogP contribution is 2.29. The molecule has 8 heteroatoms. The molecular formula is C12H22N2O5S. The summed E-state index contributed by atoms with van der Waals surface area (Å²) >= 11 is 0. The third-order valence-electron chi connectivity index (χ3n) is 3.71. The van der Waals surface area contributed by atoms with E-state index in [1.54, 1.807) is 0 Å². The van der Waals surface area contributed by atoms with Crippen molar-refractivity contribution in [2.75, 3.05) is 32.1 Å². The lowest BCUT2D eigenvalue weighted by molar-refractivity contribution is -0.150. The number of carbonyl (C=O) groups is 2. The summed E-state index contributed by atoms with van der Waals surface area (Å²) in [5.74, 6) is -1.16. The lowest BCUT2D eigenvalue weighted by atomic mass is 9.89. The van der Waals surface area contributed by atoms with Crippen LogP contribution in [0.4, 0.5) is 4.79 Å². The quantitative estimate of drug-likeness (QED) is 0.812. The number of nitrogens with zero attached hydrogens (tertiary/aromatic N) is 2. The molecule has 20 heavy (non-hydrogen) atoms. The lowest BCUT2D eigenvalue weighted by Gasteiger charge is -2.43. The van der Waals surface area contributed by atoms with E-state index in [0.717, 1.165) is 19.1 Å². The van der Waals surface area contributed by atoms with Crippen LogP contribution in [0.1, 0.15) is 26.2 Å². The number of carbonyl (C=O) groups excluding carboxylic acids is 1. The predicted molar refractivity (Wildman–Crippen MR) is 74.3 cm³/mol. The normalized spacial score (nSPS) is 23.4. The highest BCUT2D eigenvalue weighted by Gasteiger charge is 2.44. The number of likely N-dealkylation sites (tertiary alicyclic amines) is 1. The number of hydrogen-bond donors (Lipinski definition) is 1. The molecule has 1 N–H and O–H groups in total. The average Bonchev–Trinajstić information content (AvgIpc) is 2.34. The van der Waals surface area contributed by atoms with Crippen molar-refractivity contribution < 1.29 is 23.1 Å². The van der Waals surface area contributed by atoms with Gasteiger partial charge < -0.3 is 14.9 Å². The molecular weight excluding hydrogens is 284 g/mol. The highest BCUT2D eigenvalue weighted by atomic mass is 32.2. The topological polar surface area (TPSA) is 95.0 Å². The van der Waals surface area contributed by atoms with Gasteiger partial charge in [-0.3, -0.25) is 0 Å². The van der Waals surface area contributed by atoms with Crippen molar-refractivity contribution in [1.82, 2.24) is 9.80 Å². The Bertz CT molecular complexity index is 490. The Balaban J connectivity index is 2.80. The van der Waals surface area contributed by atoms with Crippen LogP contribution in [-0.2, 0) is 14.6 Å². The number of piperidine rings is 1. The number of amides is 2. The van der Waals surface area contributed by atoms with Gasteiger partial charge in [0.15, 0.2) is 0 Å². The molecule has 1 rings (SSSR count). The van der Waals surface area contributed by atoms with Crippen molar-refractivity contribution in [3.05, 3.63) is 0 Å². The largest absolute Gasteiger partial charge is 0.480 e. The standard InChI is InChI=1S/C12H22N2O5S/c1-12(10(15)16)6-4-5-7-14(12)11(17)13(2)8-9-20(3,18)19/h4-9H2,1-3H3,(H,15,16). The maximum Gasteiger partial charge on any atom is 0.329 e. The smallest absolute Gasteiger partial charge is 0.329 e. The lowest BCUT2D eigenvalue weighted by Crippen LogP contribution is -2.60. The first-order valence-corrected chi connectivity index (χ1v) is 8.58. The van der Waals surface area contributed by atoms with Gasteiger partial charge >= 0.3 is 12.0 Å². The van der Waals surface area contributed by atoms with E-state index in [9.17, 15) is 23.1 Å². The van der Waals surface area contributed by atoms with E-state index in [4.69, 9.17) is 0 Å². The average molecular weight is 306 g/mol. The number of aliphatic carboxylic acids is 1. The van der Waals surface area contributed by atoms with Crippen LogP contribution in [0.5, 0.6) is 0 Å². The van der Waals surface area contributed by atoms with E-state index in [1.807, 2.05) is 0 Å². The first-order chi connectivity index (χ1) is 9.08. The van der Waals surface area contributed by atoms with Gasteiger partial charge in [0, 0.05) is 26.4 Å². The Labute approximate surface area is 119 Å². The third kappa shape index (κ3) is 3.84. The molecule has 0 spiro atoms. The summed E-state index contributed by atoms with van der Waals surface area (Å²) in [7, 11) is -1.67. The Morgan fingerprint density at radius 3 is 2.45 bits per heavy atom. The number of urea groups is 1. The zero-order valence-corrected chi connectivity index (χ0v) is 12.9. The molecule has 1 heterocycles. The molecule has 1 saturated heterocycles. The monoisotopic (exact) mass is 306 g/mol. The van der Waals surface area contributed by atoms with Crippen LogP contribution < -0.4 is 0 Å². The van der Waals surface area contributed by atoms with Gasteiger partial charge in [0.25, 0.3) is 0 Å². The fourth-order valence-corrected chi connectivity index (χ4v) is 2.86. The fraction of sp³-hybridized carbons (Fsp3) is 0.833. The van der Waals surface area contributed by atoms with E-state index < -0.39 is 27.4 Å². The number of carboxylic acids is 1. The van der Waals surface area contributed by atoms with Crippen LogP contribution in [0.25, 0.3) is 0 Å². The fourth-order valence-electron chi connectivity index (χ4n) is 2.25. The molecule has 1 unspecified atom stereocenters. The zero-order valence-electron chi connectivity index (χ0n) is 12.1. The summed E-state index contributed by atoms with van der Waals surface area (Å²) < 4.78 is 22.2. The first-order valence-electron chi connectivity index (χ1n) is 6.52. The predicted octanol–water partition coefficient (Wildman–Crippen LogP) is 0.412. The van der Waals surface area contributed by atoms with Gasteiger partial charge in [-0.1, -0.05) is 0 Å². The molecule has 0 aromatic rings. The molecule has 1 aliphatic heterocycles. The number of carboxylic acid groups (broad SMARTS) is 1. The van der Waals surface area contributed by atoms with Crippen molar-refractivity contribution in [2.45, 2.75) is 31.7 Å². The molecule has 0 bridgehead atoms. The molecule has 2 amide bonds. The summed E-state index contributed by atoms with van der Waals surface area (Å²) in [5.41, 5.74) is -1.21. The molecule has 0 aromatic heterocycles. The zero-order chi connectivity index (χ0) is 15.6. The van der Waals surface area contributed by atoms with Crippen molar-refractivity contribution in [3.8, 4) is 0 Å². The molecule has 0 radical (unpaired) electrons. The van der Waals surface area contributed by atoms with E-state index in [0.29, 0.717) is 13.0 Å². The van der Waals surface area contributed by atoms with E-state index in [2.05, 4.69) is 0 Å². The van der Waals surface area contributed by atoms with Crippen LogP contribution >= 0.6 is 0 Å². The Kier molecular flexibility index (Phi) is 5.01. The summed E-state index contributed by atoms with van der Waals surface area (Å²) in [4.78, 5) is 26.4. The van der Waals surface area contributed by atoms with Gasteiger partial charge in [-0.05, 0) is 26.2 Å². The summed E-state index contributed by atoms with van der Waals surface area (Å²) in [6.07, 6.45) is 3.04. The van der Waals surface area contributed by atoms with E-state index >= 15 is 0 Å². The van der Waals surface area contributed by atoms with Crippen LogP contribution in [0.3, 0.4) is 0 Å². The number of rotatable bonds is 4. The molecule has 116 valence electrons. The van der Waals surface area contributed by atoms with Gasteiger partial charge in [0.05, 0.1) is 5.75 Å². The second-order valence-electron chi connectivity index (χ2n) is 5.52. The first kappa shape index (κ1) is 16.7. The van der Waals surface area contributed by atoms with Crippen molar-refractivity contribution in [1.29, 1.82) is 0 Å². The summed E-state index contributed by atoms with van der Waals surface area (Å²) in [6.45, 7) is 1.98. The van der Waals surface area contributed by atoms with Gasteiger partial charge in [-0.25, -0.2) is 18.0 Å². The van der Waals surface area contributed by atoms with Gasteiger partial charge in [0.2, 0.25) is 0 Å². The minimum absolute atomic E-state index is 0.0594. The van der Waals surface area contributed by atoms with Crippen LogP contribution in [-0.4, -0.2) is 73.0 Å². The summed E-state index contributed by atoms with van der Waals surface area (Å²) in [5, 5.41) is 9.35. The molecule has 1 aliphatic rings. The van der Waals surface area contributed by atoms with Crippen LogP contribution in [0, 0.1) is 0 Å². The van der Waals surface area contributed by atoms with Gasteiger partial charge in [0.1, 0.15) is 15.4 Å². The van der Waals surface area contributed by atoms with Crippen LogP contribution in [0.15, 0.2) is 0 Å². The minimum atomic E-state index is -3.16. The molecule has 1 fully saturated rings. The van der Waals surface area contributed by atoms with Crippen molar-refractivity contribution >= 4 is 21.8 Å². The maximum atomic E-state index is 12.3. The Morgan fingerprint density at radius 2 is 1.95 bits per heavy atom. The Morgan fingerprint density at radius 1 is 1.35 bits per heavy atom.